The van der Waals surface area contributed by atoms with E-state index in [1.807, 2.05) is 0 Å². The number of aliphatic hydroxyl groups excluding tert-OH is 1. The van der Waals surface area contributed by atoms with Gasteiger partial charge < -0.3 is 5.11 Å². The van der Waals surface area contributed by atoms with Crippen molar-refractivity contribution in [2.24, 2.45) is 16.6 Å². The average molecular weight is 337 g/mol. The van der Waals surface area contributed by atoms with Crippen molar-refractivity contribution in [1.29, 1.82) is 0 Å². The van der Waals surface area contributed by atoms with Gasteiger partial charge in [-0.3, -0.25) is 16.0 Å². The molecule has 0 heterocycles. The predicted octanol–water partition coefficient (Wildman–Crippen LogP) is 2.86. The fraction of sp³-hybridized carbons (Fsp3) is 0.381. The number of nitrogens with two attached hydrogens (primary N) is 1. The highest BCUT2D eigenvalue weighted by Gasteiger charge is 2.30. The van der Waals surface area contributed by atoms with Crippen LogP contribution in [0, 0.1) is 5.92 Å². The minimum absolute atomic E-state index is 0.161. The fourth-order valence-electron chi connectivity index (χ4n) is 3.61. The molecule has 0 bridgehead atoms. The lowest BCUT2D eigenvalue weighted by molar-refractivity contribution is 0.283. The molecular formula is C21H27N3O. The molecule has 3 atom stereocenters. The van der Waals surface area contributed by atoms with Crippen LogP contribution in [0.15, 0.2) is 59.6 Å². The predicted molar refractivity (Wildman–Crippen MR) is 103 cm³/mol. The number of hydrogen-bond donors (Lipinski definition) is 3. The molecule has 132 valence electrons. The Morgan fingerprint density at radius 2 is 1.88 bits per heavy atom. The van der Waals surface area contributed by atoms with Gasteiger partial charge in [-0.1, -0.05) is 61.5 Å². The van der Waals surface area contributed by atoms with Crippen LogP contribution < -0.4 is 11.1 Å². The van der Waals surface area contributed by atoms with Crippen LogP contribution in [0.2, 0.25) is 0 Å². The van der Waals surface area contributed by atoms with Gasteiger partial charge in [0.1, 0.15) is 0 Å². The molecule has 2 aromatic carbocycles. The summed E-state index contributed by atoms with van der Waals surface area (Å²) in [5.41, 5.74) is 11.1. The normalized spacial score (nSPS) is 22.6. The molecule has 0 saturated heterocycles. The molecule has 0 aromatic heterocycles. The summed E-state index contributed by atoms with van der Waals surface area (Å²) < 4.78 is 0. The summed E-state index contributed by atoms with van der Waals surface area (Å²) in [6.07, 6.45) is 1.27. The lowest BCUT2D eigenvalue weighted by atomic mass is 9.73. The molecule has 25 heavy (non-hydrogen) atoms. The van der Waals surface area contributed by atoms with E-state index in [9.17, 15) is 0 Å². The van der Waals surface area contributed by atoms with Crippen LogP contribution in [0.25, 0.3) is 0 Å². The third kappa shape index (κ3) is 4.15. The van der Waals surface area contributed by atoms with Crippen molar-refractivity contribution < 1.29 is 5.11 Å². The molecule has 0 amide bonds. The first-order valence-corrected chi connectivity index (χ1v) is 9.02. The topological polar surface area (TPSA) is 70.6 Å². The second-order valence-corrected chi connectivity index (χ2v) is 6.68. The number of benzene rings is 2. The zero-order chi connectivity index (χ0) is 17.6. The Kier molecular flexibility index (Phi) is 5.97. The molecule has 0 aliphatic heterocycles. The van der Waals surface area contributed by atoms with E-state index >= 15 is 0 Å². The first kappa shape index (κ1) is 17.8. The van der Waals surface area contributed by atoms with E-state index in [1.54, 1.807) is 0 Å². The Bertz CT molecular complexity index is 714. The maximum Gasteiger partial charge on any atom is 0.151 e. The number of rotatable bonds is 6. The van der Waals surface area contributed by atoms with Gasteiger partial charge >= 0.3 is 0 Å². The van der Waals surface area contributed by atoms with Crippen LogP contribution in [0.5, 0.6) is 0 Å². The second-order valence-electron chi connectivity index (χ2n) is 6.68. The minimum Gasteiger partial charge on any atom is -0.396 e. The zero-order valence-corrected chi connectivity index (χ0v) is 14.7. The monoisotopic (exact) mass is 337 g/mol. The Hall–Kier alpha value is -2.01. The maximum atomic E-state index is 8.89. The summed E-state index contributed by atoms with van der Waals surface area (Å²) in [5.74, 6) is 0.732. The van der Waals surface area contributed by atoms with Gasteiger partial charge in [0.2, 0.25) is 0 Å². The summed E-state index contributed by atoms with van der Waals surface area (Å²) in [4.78, 5) is 4.76. The van der Waals surface area contributed by atoms with Crippen molar-refractivity contribution in [2.75, 3.05) is 13.2 Å². The first-order chi connectivity index (χ1) is 12.2. The molecule has 4 heteroatoms. The Balaban J connectivity index is 1.91. The molecule has 0 spiro atoms. The van der Waals surface area contributed by atoms with Gasteiger partial charge in [0, 0.05) is 24.8 Å². The quantitative estimate of drug-likeness (QED) is 0.561. The molecule has 4 nitrogen and oxygen atoms in total. The largest absolute Gasteiger partial charge is 0.396 e. The number of nitrogens with zero attached hydrogens (tertiary/aromatic N) is 1. The zero-order valence-electron chi connectivity index (χ0n) is 14.7. The summed E-state index contributed by atoms with van der Waals surface area (Å²) in [7, 11) is 0. The number of hydrogen-bond acceptors (Lipinski definition) is 4. The fourth-order valence-corrected chi connectivity index (χ4v) is 3.61. The molecule has 0 fully saturated rings. The minimum atomic E-state index is -0.440. The van der Waals surface area contributed by atoms with Crippen LogP contribution >= 0.6 is 0 Å². The van der Waals surface area contributed by atoms with Crippen molar-refractivity contribution in [3.63, 3.8) is 0 Å². The highest BCUT2D eigenvalue weighted by molar-refractivity contribution is 6.04. The van der Waals surface area contributed by atoms with Crippen molar-refractivity contribution in [3.8, 4) is 0 Å². The summed E-state index contributed by atoms with van der Waals surface area (Å²) >= 11 is 0. The van der Waals surface area contributed by atoms with Gasteiger partial charge in [0.15, 0.2) is 6.29 Å². The smallest absolute Gasteiger partial charge is 0.151 e. The lowest BCUT2D eigenvalue weighted by Gasteiger charge is -2.32. The highest BCUT2D eigenvalue weighted by atomic mass is 16.3. The number of nitrogens with one attached hydrogen (secondary N) is 1. The third-order valence-electron chi connectivity index (χ3n) is 4.84. The summed E-state index contributed by atoms with van der Waals surface area (Å²) in [5, 5.41) is 12.0. The van der Waals surface area contributed by atoms with E-state index in [0.717, 1.165) is 12.1 Å². The van der Waals surface area contributed by atoms with E-state index < -0.39 is 6.29 Å². The Labute approximate surface area is 149 Å². The third-order valence-corrected chi connectivity index (χ3v) is 4.84. The molecule has 1 aliphatic rings. The van der Waals surface area contributed by atoms with E-state index in [1.165, 1.54) is 16.7 Å². The van der Waals surface area contributed by atoms with Crippen LogP contribution in [-0.2, 0) is 0 Å². The van der Waals surface area contributed by atoms with E-state index in [2.05, 4.69) is 66.8 Å². The van der Waals surface area contributed by atoms with Gasteiger partial charge in [-0.2, -0.15) is 0 Å². The standard InChI is InChI=1S/C21H27N3O/c1-15-14-19(16-8-3-2-4-9-16)17-10-5-6-11-18(17)20(15)24-21(22)23-12-7-13-25/h2-6,8-11,15,19,21,23,25H,7,12-14,22H2,1H3. The van der Waals surface area contributed by atoms with Crippen molar-refractivity contribution in [1.82, 2.24) is 5.32 Å². The Morgan fingerprint density at radius 1 is 1.16 bits per heavy atom. The number of aliphatic hydroxyl groups is 1. The van der Waals surface area contributed by atoms with Crippen LogP contribution in [0.1, 0.15) is 42.4 Å². The first-order valence-electron chi connectivity index (χ1n) is 9.02. The average Bonchev–Trinajstić information content (AvgIpc) is 2.65. The highest BCUT2D eigenvalue weighted by Crippen LogP contribution is 2.39. The molecule has 0 radical (unpaired) electrons. The van der Waals surface area contributed by atoms with Crippen molar-refractivity contribution in [3.05, 3.63) is 71.3 Å². The van der Waals surface area contributed by atoms with Gasteiger partial charge in [-0.05, 0) is 35.4 Å². The van der Waals surface area contributed by atoms with E-state index in [4.69, 9.17) is 15.8 Å². The summed E-state index contributed by atoms with van der Waals surface area (Å²) in [6, 6.07) is 19.2. The van der Waals surface area contributed by atoms with E-state index in [0.29, 0.717) is 24.8 Å². The molecule has 4 N–H and O–H groups in total. The van der Waals surface area contributed by atoms with Crippen molar-refractivity contribution in [2.45, 2.75) is 32.0 Å². The molecule has 3 rings (SSSR count). The van der Waals surface area contributed by atoms with Gasteiger partial charge in [0.25, 0.3) is 0 Å². The van der Waals surface area contributed by atoms with Crippen LogP contribution in [-0.4, -0.2) is 30.3 Å². The van der Waals surface area contributed by atoms with Gasteiger partial charge in [-0.15, -0.1) is 0 Å². The SMILES string of the molecule is CC1CC(c2ccccc2)c2ccccc2C1=NC(N)NCCCO. The lowest BCUT2D eigenvalue weighted by Crippen LogP contribution is -2.39. The molecule has 2 aromatic rings. The van der Waals surface area contributed by atoms with Gasteiger partial charge in [0.05, 0.1) is 0 Å². The molecule has 3 unspecified atom stereocenters. The molecule has 1 aliphatic carbocycles. The van der Waals surface area contributed by atoms with E-state index in [-0.39, 0.29) is 6.61 Å². The van der Waals surface area contributed by atoms with Crippen molar-refractivity contribution >= 4 is 5.71 Å². The number of aliphatic imine (C=N–C) groups is 1. The van der Waals surface area contributed by atoms with Gasteiger partial charge in [-0.25, -0.2) is 0 Å². The van der Waals surface area contributed by atoms with Crippen LogP contribution in [0.4, 0.5) is 0 Å². The Morgan fingerprint density at radius 3 is 2.64 bits per heavy atom. The summed E-state index contributed by atoms with van der Waals surface area (Å²) in [6.45, 7) is 3.05. The second kappa shape index (κ2) is 8.39. The van der Waals surface area contributed by atoms with Crippen LogP contribution in [0.3, 0.4) is 0 Å². The maximum absolute atomic E-state index is 8.89. The molecular weight excluding hydrogens is 310 g/mol. The number of fused-ring (bicyclic) bond motifs is 1. The molecule has 0 saturated carbocycles.